The van der Waals surface area contributed by atoms with E-state index in [0.717, 1.165) is 38.4 Å². The van der Waals surface area contributed by atoms with E-state index in [4.69, 9.17) is 0 Å². The van der Waals surface area contributed by atoms with Gasteiger partial charge in [-0.2, -0.15) is 0 Å². The predicted octanol–water partition coefficient (Wildman–Crippen LogP) is 2.36. The average Bonchev–Trinajstić information content (AvgIpc) is 3.12. The molecule has 0 unspecified atom stereocenters. The number of hydrogen-bond acceptors (Lipinski definition) is 5. The lowest BCUT2D eigenvalue weighted by molar-refractivity contribution is 0.203. The molecule has 116 valence electrons. The molecule has 0 fully saturated rings. The molecule has 21 heavy (non-hydrogen) atoms. The monoisotopic (exact) mass is 307 g/mol. The van der Waals surface area contributed by atoms with E-state index in [1.165, 1.54) is 4.88 Å². The highest BCUT2D eigenvalue weighted by Crippen LogP contribution is 2.13. The average molecular weight is 307 g/mol. The van der Waals surface area contributed by atoms with Gasteiger partial charge in [0.05, 0.1) is 12.2 Å². The summed E-state index contributed by atoms with van der Waals surface area (Å²) in [4.78, 5) is 3.88. The zero-order valence-electron chi connectivity index (χ0n) is 13.1. The molecule has 0 saturated heterocycles. The lowest BCUT2D eigenvalue weighted by atomic mass is 10.3. The van der Waals surface area contributed by atoms with E-state index >= 15 is 0 Å². The molecule has 0 aliphatic carbocycles. The van der Waals surface area contributed by atoms with Crippen LogP contribution in [0.1, 0.15) is 31.3 Å². The fourth-order valence-corrected chi connectivity index (χ4v) is 2.86. The summed E-state index contributed by atoms with van der Waals surface area (Å²) >= 11 is 1.82. The minimum absolute atomic E-state index is 0.525. The van der Waals surface area contributed by atoms with Gasteiger partial charge in [-0.25, -0.2) is 0 Å². The van der Waals surface area contributed by atoms with Crippen LogP contribution in [0, 0.1) is 0 Å². The molecule has 2 heterocycles. The van der Waals surface area contributed by atoms with E-state index in [1.54, 1.807) is 0 Å². The molecule has 1 N–H and O–H groups in total. The van der Waals surface area contributed by atoms with Crippen molar-refractivity contribution in [2.45, 2.75) is 46.4 Å². The molecule has 0 aliphatic rings. The van der Waals surface area contributed by atoms with E-state index in [1.807, 2.05) is 22.2 Å². The van der Waals surface area contributed by atoms with Crippen molar-refractivity contribution in [1.82, 2.24) is 25.2 Å². The summed E-state index contributed by atoms with van der Waals surface area (Å²) in [5, 5.41) is 13.8. The van der Waals surface area contributed by atoms with Crippen molar-refractivity contribution in [2.75, 3.05) is 13.1 Å². The summed E-state index contributed by atoms with van der Waals surface area (Å²) in [6, 6.07) is 4.84. The van der Waals surface area contributed by atoms with Gasteiger partial charge in [0.25, 0.3) is 0 Å². The molecule has 0 saturated carbocycles. The maximum atomic E-state index is 4.20. The lowest BCUT2D eigenvalue weighted by Gasteiger charge is -2.25. The van der Waals surface area contributed by atoms with Crippen LogP contribution in [-0.2, 0) is 19.6 Å². The van der Waals surface area contributed by atoms with Gasteiger partial charge in [-0.3, -0.25) is 9.58 Å². The first-order chi connectivity index (χ1) is 10.2. The second kappa shape index (κ2) is 8.26. The quantitative estimate of drug-likeness (QED) is 0.772. The van der Waals surface area contributed by atoms with Gasteiger partial charge in [0.15, 0.2) is 0 Å². The molecular formula is C15H25N5S. The minimum atomic E-state index is 0.525. The Hall–Kier alpha value is -1.24. The van der Waals surface area contributed by atoms with Crippen molar-refractivity contribution in [1.29, 1.82) is 0 Å². The fraction of sp³-hybridized carbons (Fsp3) is 0.600. The van der Waals surface area contributed by atoms with Crippen LogP contribution in [0.15, 0.2) is 23.7 Å². The Bertz CT molecular complexity index is 506. The highest BCUT2D eigenvalue weighted by molar-refractivity contribution is 7.09. The minimum Gasteiger partial charge on any atom is -0.311 e. The SMILES string of the molecule is CCNCc1cn(CCN(Cc2cccs2)C(C)C)nn1. The van der Waals surface area contributed by atoms with E-state index in [9.17, 15) is 0 Å². The summed E-state index contributed by atoms with van der Waals surface area (Å²) in [7, 11) is 0. The van der Waals surface area contributed by atoms with Crippen molar-refractivity contribution in [2.24, 2.45) is 0 Å². The third-order valence-corrected chi connectivity index (χ3v) is 4.29. The molecule has 0 amide bonds. The normalized spacial score (nSPS) is 11.7. The Morgan fingerprint density at radius 1 is 1.43 bits per heavy atom. The van der Waals surface area contributed by atoms with Crippen LogP contribution in [0.5, 0.6) is 0 Å². The van der Waals surface area contributed by atoms with Gasteiger partial charge in [0.2, 0.25) is 0 Å². The van der Waals surface area contributed by atoms with Crippen LogP contribution in [-0.4, -0.2) is 39.0 Å². The number of nitrogens with one attached hydrogen (secondary N) is 1. The lowest BCUT2D eigenvalue weighted by Crippen LogP contribution is -2.33. The van der Waals surface area contributed by atoms with Crippen molar-refractivity contribution < 1.29 is 0 Å². The van der Waals surface area contributed by atoms with Gasteiger partial charge in [-0.15, -0.1) is 16.4 Å². The fourth-order valence-electron chi connectivity index (χ4n) is 2.14. The van der Waals surface area contributed by atoms with Crippen LogP contribution in [0.4, 0.5) is 0 Å². The summed E-state index contributed by atoms with van der Waals surface area (Å²) in [6.45, 7) is 11.2. The summed E-state index contributed by atoms with van der Waals surface area (Å²) in [5.41, 5.74) is 1.01. The first-order valence-electron chi connectivity index (χ1n) is 7.55. The Balaban J connectivity index is 1.85. The van der Waals surface area contributed by atoms with Gasteiger partial charge < -0.3 is 5.32 Å². The number of nitrogens with zero attached hydrogens (tertiary/aromatic N) is 4. The molecule has 2 aromatic rings. The highest BCUT2D eigenvalue weighted by Gasteiger charge is 2.11. The largest absolute Gasteiger partial charge is 0.311 e. The second-order valence-electron chi connectivity index (χ2n) is 5.40. The molecule has 0 radical (unpaired) electrons. The number of hydrogen-bond donors (Lipinski definition) is 1. The molecule has 2 rings (SSSR count). The van der Waals surface area contributed by atoms with E-state index in [-0.39, 0.29) is 0 Å². The molecule has 0 atom stereocenters. The molecule has 0 spiro atoms. The molecule has 0 aromatic carbocycles. The summed E-state index contributed by atoms with van der Waals surface area (Å²) in [6.07, 6.45) is 2.03. The van der Waals surface area contributed by atoms with Crippen LogP contribution in [0.3, 0.4) is 0 Å². The number of thiophene rings is 1. The Labute approximate surface area is 131 Å². The topological polar surface area (TPSA) is 46.0 Å². The predicted molar refractivity (Wildman–Crippen MR) is 87.3 cm³/mol. The van der Waals surface area contributed by atoms with Gasteiger partial charge in [-0.1, -0.05) is 18.2 Å². The molecule has 5 nitrogen and oxygen atoms in total. The van der Waals surface area contributed by atoms with Crippen LogP contribution in [0.25, 0.3) is 0 Å². The van der Waals surface area contributed by atoms with Crippen molar-refractivity contribution in [3.8, 4) is 0 Å². The van der Waals surface area contributed by atoms with Crippen LogP contribution in [0.2, 0.25) is 0 Å². The van der Waals surface area contributed by atoms with Crippen molar-refractivity contribution in [3.63, 3.8) is 0 Å². The van der Waals surface area contributed by atoms with Gasteiger partial charge in [0.1, 0.15) is 0 Å². The molecule has 6 heteroatoms. The third-order valence-electron chi connectivity index (χ3n) is 3.43. The first-order valence-corrected chi connectivity index (χ1v) is 8.43. The van der Waals surface area contributed by atoms with Gasteiger partial charge in [-0.05, 0) is 31.8 Å². The Morgan fingerprint density at radius 3 is 2.95 bits per heavy atom. The maximum absolute atomic E-state index is 4.20. The van der Waals surface area contributed by atoms with Gasteiger partial charge in [0, 0.05) is 36.8 Å². The summed E-state index contributed by atoms with van der Waals surface area (Å²) < 4.78 is 1.94. The number of rotatable bonds is 9. The molecular weight excluding hydrogens is 282 g/mol. The molecule has 0 bridgehead atoms. The van der Waals surface area contributed by atoms with Crippen molar-refractivity contribution >= 4 is 11.3 Å². The molecule has 2 aromatic heterocycles. The zero-order chi connectivity index (χ0) is 15.1. The Morgan fingerprint density at radius 2 is 2.29 bits per heavy atom. The number of aromatic nitrogens is 3. The highest BCUT2D eigenvalue weighted by atomic mass is 32.1. The second-order valence-corrected chi connectivity index (χ2v) is 6.43. The van der Waals surface area contributed by atoms with Gasteiger partial charge >= 0.3 is 0 Å². The standard InChI is InChI=1S/C15H25N5S/c1-4-16-10-14-11-20(18-17-14)8-7-19(13(2)3)12-15-6-5-9-21-15/h5-6,9,11,13,16H,4,7-8,10,12H2,1-3H3. The van der Waals surface area contributed by atoms with Crippen molar-refractivity contribution in [3.05, 3.63) is 34.3 Å². The van der Waals surface area contributed by atoms with Crippen LogP contribution >= 0.6 is 11.3 Å². The third kappa shape index (κ3) is 5.22. The van der Waals surface area contributed by atoms with E-state index in [2.05, 4.69) is 58.8 Å². The van der Waals surface area contributed by atoms with E-state index in [0.29, 0.717) is 6.04 Å². The zero-order valence-corrected chi connectivity index (χ0v) is 13.9. The first kappa shape index (κ1) is 16.1. The Kier molecular flexibility index (Phi) is 6.35. The summed E-state index contributed by atoms with van der Waals surface area (Å²) in [5.74, 6) is 0. The molecule has 0 aliphatic heterocycles. The maximum Gasteiger partial charge on any atom is 0.0964 e. The van der Waals surface area contributed by atoms with E-state index < -0.39 is 0 Å². The smallest absolute Gasteiger partial charge is 0.0964 e. The van der Waals surface area contributed by atoms with Crippen LogP contribution < -0.4 is 5.32 Å².